The number of nitrogens with one attached hydrogen (secondary N) is 2. The van der Waals surface area contributed by atoms with Gasteiger partial charge >= 0.3 is 0 Å². The number of benzene rings is 1. The molecule has 0 radical (unpaired) electrons. The van der Waals surface area contributed by atoms with Crippen LogP contribution in [0.3, 0.4) is 0 Å². The molecule has 2 amide bonds. The Morgan fingerprint density at radius 2 is 2.33 bits per heavy atom. The summed E-state index contributed by atoms with van der Waals surface area (Å²) in [5, 5.41) is 5.52. The summed E-state index contributed by atoms with van der Waals surface area (Å²) in [5.74, 6) is 0.686. The fourth-order valence-electron chi connectivity index (χ4n) is 2.15. The van der Waals surface area contributed by atoms with Gasteiger partial charge in [0.2, 0.25) is 11.8 Å². The van der Waals surface area contributed by atoms with Gasteiger partial charge in [0, 0.05) is 13.1 Å². The summed E-state index contributed by atoms with van der Waals surface area (Å²) in [6, 6.07) is 7.78. The van der Waals surface area contributed by atoms with Gasteiger partial charge in [-0.1, -0.05) is 12.1 Å². The van der Waals surface area contributed by atoms with Crippen molar-refractivity contribution >= 4 is 11.8 Å². The Labute approximate surface area is 124 Å². The number of ether oxygens (including phenoxy) is 1. The monoisotopic (exact) mass is 291 g/mol. The summed E-state index contributed by atoms with van der Waals surface area (Å²) in [6.07, 6.45) is 0. The van der Waals surface area contributed by atoms with Gasteiger partial charge in [-0.2, -0.15) is 0 Å². The van der Waals surface area contributed by atoms with Crippen LogP contribution in [0.2, 0.25) is 0 Å². The van der Waals surface area contributed by atoms with Crippen LogP contribution in [-0.2, 0) is 9.59 Å². The van der Waals surface area contributed by atoms with Crippen LogP contribution in [0.15, 0.2) is 24.3 Å². The van der Waals surface area contributed by atoms with Crippen LogP contribution in [0.25, 0.3) is 0 Å². The molecule has 0 aromatic heterocycles. The molecule has 2 rings (SSSR count). The van der Waals surface area contributed by atoms with Crippen LogP contribution >= 0.6 is 0 Å². The Morgan fingerprint density at radius 1 is 1.48 bits per heavy atom. The predicted molar refractivity (Wildman–Crippen MR) is 79.1 cm³/mol. The SMILES string of the molecule is Cc1cccc(OCCNC(=O)CN2CCNC(=O)C2)c1. The third-order valence-electron chi connectivity index (χ3n) is 3.17. The van der Waals surface area contributed by atoms with E-state index in [1.165, 1.54) is 0 Å². The molecule has 1 aromatic rings. The third kappa shape index (κ3) is 5.43. The molecule has 6 heteroatoms. The van der Waals surface area contributed by atoms with Crippen LogP contribution in [0, 0.1) is 6.92 Å². The van der Waals surface area contributed by atoms with Gasteiger partial charge in [-0.3, -0.25) is 14.5 Å². The Bertz CT molecular complexity index is 505. The van der Waals surface area contributed by atoms with Crippen molar-refractivity contribution in [1.29, 1.82) is 0 Å². The quantitative estimate of drug-likeness (QED) is 0.719. The summed E-state index contributed by atoms with van der Waals surface area (Å²) >= 11 is 0. The van der Waals surface area contributed by atoms with Crippen molar-refractivity contribution < 1.29 is 14.3 Å². The molecule has 1 aromatic carbocycles. The first kappa shape index (κ1) is 15.3. The molecular formula is C15H21N3O3. The molecular weight excluding hydrogens is 270 g/mol. The van der Waals surface area contributed by atoms with Crippen molar-refractivity contribution in [3.63, 3.8) is 0 Å². The van der Waals surface area contributed by atoms with Crippen LogP contribution in [0.5, 0.6) is 5.75 Å². The number of hydrogen-bond donors (Lipinski definition) is 2. The van der Waals surface area contributed by atoms with Gasteiger partial charge < -0.3 is 15.4 Å². The van der Waals surface area contributed by atoms with E-state index in [-0.39, 0.29) is 24.9 Å². The molecule has 1 heterocycles. The first-order chi connectivity index (χ1) is 10.1. The summed E-state index contributed by atoms with van der Waals surface area (Å²) in [4.78, 5) is 24.8. The van der Waals surface area contributed by atoms with E-state index in [1.807, 2.05) is 36.1 Å². The largest absolute Gasteiger partial charge is 0.492 e. The Hall–Kier alpha value is -2.08. The maximum absolute atomic E-state index is 11.7. The Morgan fingerprint density at radius 3 is 3.10 bits per heavy atom. The van der Waals surface area contributed by atoms with E-state index in [2.05, 4.69) is 10.6 Å². The standard InChI is InChI=1S/C15H21N3O3/c1-12-3-2-4-13(9-12)21-8-6-17-15(20)11-18-7-5-16-14(19)10-18/h2-4,9H,5-8,10-11H2,1H3,(H,16,19)(H,17,20). The van der Waals surface area contributed by atoms with Crippen molar-refractivity contribution in [2.24, 2.45) is 0 Å². The highest BCUT2D eigenvalue weighted by molar-refractivity contribution is 5.81. The summed E-state index contributed by atoms with van der Waals surface area (Å²) in [6.45, 7) is 4.72. The van der Waals surface area contributed by atoms with E-state index in [4.69, 9.17) is 4.74 Å². The molecule has 1 aliphatic heterocycles. The number of carbonyl (C=O) groups excluding carboxylic acids is 2. The zero-order chi connectivity index (χ0) is 15.1. The van der Waals surface area contributed by atoms with Gasteiger partial charge in [-0.15, -0.1) is 0 Å². The van der Waals surface area contributed by atoms with Gasteiger partial charge in [0.15, 0.2) is 0 Å². The van der Waals surface area contributed by atoms with E-state index in [0.717, 1.165) is 11.3 Å². The van der Waals surface area contributed by atoms with Gasteiger partial charge in [0.25, 0.3) is 0 Å². The molecule has 114 valence electrons. The number of carbonyl (C=O) groups is 2. The van der Waals surface area contributed by atoms with Crippen molar-refractivity contribution in [2.45, 2.75) is 6.92 Å². The first-order valence-electron chi connectivity index (χ1n) is 7.09. The second-order valence-electron chi connectivity index (χ2n) is 5.08. The maximum atomic E-state index is 11.7. The summed E-state index contributed by atoms with van der Waals surface area (Å²) in [5.41, 5.74) is 1.14. The van der Waals surface area contributed by atoms with Gasteiger partial charge in [-0.25, -0.2) is 0 Å². The maximum Gasteiger partial charge on any atom is 0.234 e. The van der Waals surface area contributed by atoms with Crippen LogP contribution in [0.1, 0.15) is 5.56 Å². The van der Waals surface area contributed by atoms with Crippen molar-refractivity contribution in [2.75, 3.05) is 39.3 Å². The lowest BCUT2D eigenvalue weighted by atomic mass is 10.2. The topological polar surface area (TPSA) is 70.7 Å². The van der Waals surface area contributed by atoms with Gasteiger partial charge in [0.05, 0.1) is 19.6 Å². The zero-order valence-corrected chi connectivity index (χ0v) is 12.2. The normalized spacial score (nSPS) is 15.4. The average molecular weight is 291 g/mol. The molecule has 0 saturated carbocycles. The summed E-state index contributed by atoms with van der Waals surface area (Å²) < 4.78 is 5.55. The predicted octanol–water partition coefficient (Wildman–Crippen LogP) is -0.0782. The number of amides is 2. The minimum Gasteiger partial charge on any atom is -0.492 e. The number of nitrogens with zero attached hydrogens (tertiary/aromatic N) is 1. The minimum atomic E-state index is -0.0856. The molecule has 1 fully saturated rings. The number of hydrogen-bond acceptors (Lipinski definition) is 4. The van der Waals surface area contributed by atoms with Crippen LogP contribution in [0.4, 0.5) is 0 Å². The van der Waals surface area contributed by atoms with Gasteiger partial charge in [0.1, 0.15) is 12.4 Å². The van der Waals surface area contributed by atoms with E-state index < -0.39 is 0 Å². The molecule has 0 aliphatic carbocycles. The number of aryl methyl sites for hydroxylation is 1. The van der Waals surface area contributed by atoms with E-state index >= 15 is 0 Å². The van der Waals surface area contributed by atoms with E-state index in [1.54, 1.807) is 0 Å². The van der Waals surface area contributed by atoms with Crippen molar-refractivity contribution in [3.8, 4) is 5.75 Å². The molecule has 0 bridgehead atoms. The smallest absolute Gasteiger partial charge is 0.234 e. The Kier molecular flexibility index (Phi) is 5.57. The zero-order valence-electron chi connectivity index (χ0n) is 12.2. The molecule has 0 spiro atoms. The first-order valence-corrected chi connectivity index (χ1v) is 7.09. The minimum absolute atomic E-state index is 0.0307. The lowest BCUT2D eigenvalue weighted by molar-refractivity contribution is -0.126. The fourth-order valence-corrected chi connectivity index (χ4v) is 2.15. The van der Waals surface area contributed by atoms with E-state index in [0.29, 0.717) is 26.2 Å². The highest BCUT2D eigenvalue weighted by Crippen LogP contribution is 2.11. The van der Waals surface area contributed by atoms with E-state index in [9.17, 15) is 9.59 Å². The lowest BCUT2D eigenvalue weighted by Crippen LogP contribution is -2.50. The third-order valence-corrected chi connectivity index (χ3v) is 3.17. The van der Waals surface area contributed by atoms with Crippen LogP contribution in [-0.4, -0.2) is 56.0 Å². The molecule has 0 unspecified atom stereocenters. The van der Waals surface area contributed by atoms with Crippen molar-refractivity contribution in [1.82, 2.24) is 15.5 Å². The van der Waals surface area contributed by atoms with Crippen molar-refractivity contribution in [3.05, 3.63) is 29.8 Å². The Balaban J connectivity index is 1.62. The number of piperazine rings is 1. The highest BCUT2D eigenvalue weighted by Gasteiger charge is 2.18. The highest BCUT2D eigenvalue weighted by atomic mass is 16.5. The molecule has 21 heavy (non-hydrogen) atoms. The second-order valence-corrected chi connectivity index (χ2v) is 5.08. The second kappa shape index (κ2) is 7.64. The average Bonchev–Trinajstić information content (AvgIpc) is 2.44. The molecule has 0 atom stereocenters. The molecule has 1 aliphatic rings. The fraction of sp³-hybridized carbons (Fsp3) is 0.467. The molecule has 1 saturated heterocycles. The molecule has 6 nitrogen and oxygen atoms in total. The van der Waals surface area contributed by atoms with Gasteiger partial charge in [-0.05, 0) is 24.6 Å². The van der Waals surface area contributed by atoms with Crippen LogP contribution < -0.4 is 15.4 Å². The number of rotatable bonds is 6. The molecule has 2 N–H and O–H groups in total. The summed E-state index contributed by atoms with van der Waals surface area (Å²) in [7, 11) is 0. The lowest BCUT2D eigenvalue weighted by Gasteiger charge is -2.25.